The van der Waals surface area contributed by atoms with Crippen molar-refractivity contribution in [1.82, 2.24) is 9.97 Å². The van der Waals surface area contributed by atoms with Gasteiger partial charge in [0.05, 0.1) is 26.2 Å². The first kappa shape index (κ1) is 16.1. The van der Waals surface area contributed by atoms with E-state index >= 15 is 0 Å². The zero-order valence-electron chi connectivity index (χ0n) is 14.0. The number of aryl methyl sites for hydroxylation is 1. The summed E-state index contributed by atoms with van der Waals surface area (Å²) >= 11 is 0. The Morgan fingerprint density at radius 2 is 1.42 bits per heavy atom. The predicted octanol–water partition coefficient (Wildman–Crippen LogP) is 4.19. The number of aromatic amines is 1. The molecule has 0 spiro atoms. The van der Waals surface area contributed by atoms with Crippen LogP contribution in [0.5, 0.6) is 11.5 Å². The number of benzene rings is 2. The van der Waals surface area contributed by atoms with E-state index in [1.807, 2.05) is 30.5 Å². The van der Waals surface area contributed by atoms with Crippen LogP contribution in [0.4, 0.5) is 0 Å². The molecule has 0 aliphatic carbocycles. The van der Waals surface area contributed by atoms with E-state index in [-0.39, 0.29) is 0 Å². The Hall–Kier alpha value is -2.75. The molecule has 2 aromatic carbocycles. The maximum absolute atomic E-state index is 5.27. The minimum atomic E-state index is 0.304. The van der Waals surface area contributed by atoms with E-state index in [0.717, 1.165) is 30.0 Å². The van der Waals surface area contributed by atoms with Crippen molar-refractivity contribution in [3.8, 4) is 11.5 Å². The summed E-state index contributed by atoms with van der Waals surface area (Å²) in [6, 6.07) is 16.6. The second kappa shape index (κ2) is 7.68. The van der Waals surface area contributed by atoms with Crippen molar-refractivity contribution in [1.29, 1.82) is 0 Å². The first-order valence-electron chi connectivity index (χ1n) is 8.05. The van der Waals surface area contributed by atoms with Gasteiger partial charge in [0.15, 0.2) is 0 Å². The normalized spacial score (nSPS) is 10.8. The zero-order chi connectivity index (χ0) is 16.8. The number of ether oxygens (including phenoxy) is 2. The van der Waals surface area contributed by atoms with Crippen molar-refractivity contribution in [2.24, 2.45) is 0 Å². The minimum absolute atomic E-state index is 0.304. The molecule has 0 saturated heterocycles. The number of rotatable bonds is 7. The second-order valence-corrected chi connectivity index (χ2v) is 5.70. The topological polar surface area (TPSA) is 47.1 Å². The largest absolute Gasteiger partial charge is 0.497 e. The Balaban J connectivity index is 1.86. The first-order chi connectivity index (χ1) is 11.8. The number of hydrogen-bond donors (Lipinski definition) is 1. The fraction of sp³-hybridized carbons (Fsp3) is 0.250. The van der Waals surface area contributed by atoms with Crippen molar-refractivity contribution >= 4 is 0 Å². The quantitative estimate of drug-likeness (QED) is 0.709. The van der Waals surface area contributed by atoms with Gasteiger partial charge in [-0.2, -0.15) is 0 Å². The minimum Gasteiger partial charge on any atom is -0.497 e. The Morgan fingerprint density at radius 3 is 1.83 bits per heavy atom. The summed E-state index contributed by atoms with van der Waals surface area (Å²) in [7, 11) is 3.38. The molecule has 0 radical (unpaired) electrons. The maximum atomic E-state index is 5.27. The fourth-order valence-corrected chi connectivity index (χ4v) is 2.92. The molecular formula is C20H22N2O2. The summed E-state index contributed by atoms with van der Waals surface area (Å²) in [5.41, 5.74) is 3.63. The molecule has 124 valence electrons. The van der Waals surface area contributed by atoms with Gasteiger partial charge < -0.3 is 14.5 Å². The molecule has 1 heterocycles. The molecule has 0 atom stereocenters. The highest BCUT2D eigenvalue weighted by Gasteiger charge is 2.15. The van der Waals surface area contributed by atoms with Gasteiger partial charge in [0.25, 0.3) is 0 Å². The standard InChI is InChI=1S/C20H22N2O2/c1-23-18-8-3-15(4-9-18)20(12-7-17-13-21-14-22-17)16-5-10-19(24-2)11-6-16/h3-6,8-11,13-14,20H,7,12H2,1-2H3,(H,21,22). The molecule has 4 heteroatoms. The lowest BCUT2D eigenvalue weighted by atomic mass is 9.87. The second-order valence-electron chi connectivity index (χ2n) is 5.70. The summed E-state index contributed by atoms with van der Waals surface area (Å²) in [5, 5.41) is 0. The van der Waals surface area contributed by atoms with Gasteiger partial charge >= 0.3 is 0 Å². The van der Waals surface area contributed by atoms with Crippen LogP contribution in [0.1, 0.15) is 29.2 Å². The molecule has 1 N–H and O–H groups in total. The number of H-pyrrole nitrogens is 1. The monoisotopic (exact) mass is 322 g/mol. The Kier molecular flexibility index (Phi) is 5.16. The molecule has 3 rings (SSSR count). The third kappa shape index (κ3) is 3.77. The molecular weight excluding hydrogens is 300 g/mol. The number of methoxy groups -OCH3 is 2. The molecule has 4 nitrogen and oxygen atoms in total. The van der Waals surface area contributed by atoms with E-state index in [1.54, 1.807) is 20.5 Å². The van der Waals surface area contributed by atoms with Crippen LogP contribution in [0, 0.1) is 0 Å². The molecule has 0 amide bonds. The van der Waals surface area contributed by atoms with Crippen LogP contribution >= 0.6 is 0 Å². The van der Waals surface area contributed by atoms with Crippen molar-refractivity contribution in [2.75, 3.05) is 14.2 Å². The highest BCUT2D eigenvalue weighted by Crippen LogP contribution is 2.31. The molecule has 1 aromatic heterocycles. The van der Waals surface area contributed by atoms with E-state index in [1.165, 1.54) is 11.1 Å². The van der Waals surface area contributed by atoms with Crippen LogP contribution < -0.4 is 9.47 Å². The van der Waals surface area contributed by atoms with Gasteiger partial charge in [-0.25, -0.2) is 4.98 Å². The fourth-order valence-electron chi connectivity index (χ4n) is 2.92. The predicted molar refractivity (Wildman–Crippen MR) is 94.7 cm³/mol. The average Bonchev–Trinajstić information content (AvgIpc) is 3.16. The summed E-state index contributed by atoms with van der Waals surface area (Å²) in [6.45, 7) is 0. The number of aromatic nitrogens is 2. The summed E-state index contributed by atoms with van der Waals surface area (Å²) < 4.78 is 10.5. The van der Waals surface area contributed by atoms with Crippen LogP contribution in [0.25, 0.3) is 0 Å². The van der Waals surface area contributed by atoms with Gasteiger partial charge in [-0.15, -0.1) is 0 Å². The van der Waals surface area contributed by atoms with Crippen LogP contribution in [-0.2, 0) is 6.42 Å². The van der Waals surface area contributed by atoms with Crippen molar-refractivity contribution in [2.45, 2.75) is 18.8 Å². The number of imidazole rings is 1. The molecule has 0 aliphatic rings. The van der Waals surface area contributed by atoms with Crippen molar-refractivity contribution < 1.29 is 9.47 Å². The van der Waals surface area contributed by atoms with Gasteiger partial charge in [-0.3, -0.25) is 0 Å². The van der Waals surface area contributed by atoms with E-state index in [2.05, 4.69) is 34.2 Å². The lowest BCUT2D eigenvalue weighted by molar-refractivity contribution is 0.414. The lowest BCUT2D eigenvalue weighted by Crippen LogP contribution is -2.04. The maximum Gasteiger partial charge on any atom is 0.118 e. The van der Waals surface area contributed by atoms with E-state index in [9.17, 15) is 0 Å². The molecule has 24 heavy (non-hydrogen) atoms. The Bertz CT molecular complexity index is 687. The zero-order valence-corrected chi connectivity index (χ0v) is 14.0. The first-order valence-corrected chi connectivity index (χ1v) is 8.05. The number of nitrogens with zero attached hydrogens (tertiary/aromatic N) is 1. The molecule has 0 saturated carbocycles. The van der Waals surface area contributed by atoms with E-state index in [4.69, 9.17) is 9.47 Å². The van der Waals surface area contributed by atoms with Gasteiger partial charge in [0, 0.05) is 12.1 Å². The van der Waals surface area contributed by atoms with E-state index < -0.39 is 0 Å². The van der Waals surface area contributed by atoms with E-state index in [0.29, 0.717) is 5.92 Å². The van der Waals surface area contributed by atoms with Crippen LogP contribution in [-0.4, -0.2) is 24.2 Å². The van der Waals surface area contributed by atoms with Gasteiger partial charge in [0.2, 0.25) is 0 Å². The molecule has 0 bridgehead atoms. The number of nitrogens with one attached hydrogen (secondary N) is 1. The molecule has 3 aromatic rings. The highest BCUT2D eigenvalue weighted by molar-refractivity contribution is 5.38. The molecule has 0 unspecified atom stereocenters. The van der Waals surface area contributed by atoms with Gasteiger partial charge in [0.1, 0.15) is 11.5 Å². The Labute approximate surface area is 142 Å². The SMILES string of the molecule is COc1ccc(C(CCc2c[nH]cn2)c2ccc(OC)cc2)cc1. The Morgan fingerprint density at radius 1 is 0.875 bits per heavy atom. The van der Waals surface area contributed by atoms with Crippen molar-refractivity contribution in [3.05, 3.63) is 77.9 Å². The summed E-state index contributed by atoms with van der Waals surface area (Å²) in [6.07, 6.45) is 5.60. The van der Waals surface area contributed by atoms with Gasteiger partial charge in [-0.05, 0) is 48.2 Å². The summed E-state index contributed by atoms with van der Waals surface area (Å²) in [4.78, 5) is 7.35. The van der Waals surface area contributed by atoms with Crippen LogP contribution in [0.3, 0.4) is 0 Å². The molecule has 0 fully saturated rings. The third-order valence-corrected chi connectivity index (χ3v) is 4.28. The lowest BCUT2D eigenvalue weighted by Gasteiger charge is -2.18. The number of hydrogen-bond acceptors (Lipinski definition) is 3. The highest BCUT2D eigenvalue weighted by atomic mass is 16.5. The van der Waals surface area contributed by atoms with Crippen molar-refractivity contribution in [3.63, 3.8) is 0 Å². The van der Waals surface area contributed by atoms with Gasteiger partial charge in [-0.1, -0.05) is 24.3 Å². The average molecular weight is 322 g/mol. The van der Waals surface area contributed by atoms with Crippen LogP contribution in [0.15, 0.2) is 61.1 Å². The third-order valence-electron chi connectivity index (χ3n) is 4.28. The smallest absolute Gasteiger partial charge is 0.118 e. The summed E-state index contributed by atoms with van der Waals surface area (Å²) in [5.74, 6) is 2.05. The molecule has 0 aliphatic heterocycles. The van der Waals surface area contributed by atoms with Crippen LogP contribution in [0.2, 0.25) is 0 Å².